The number of benzene rings is 2. The molecule has 0 spiro atoms. The van der Waals surface area contributed by atoms with E-state index in [9.17, 15) is 0 Å². The van der Waals surface area contributed by atoms with Crippen molar-refractivity contribution in [2.24, 2.45) is 0 Å². The van der Waals surface area contributed by atoms with Crippen LogP contribution in [-0.4, -0.2) is 28.2 Å². The second-order valence-electron chi connectivity index (χ2n) is 7.57. The number of rotatable bonds is 8. The quantitative estimate of drug-likeness (QED) is 0.619. The van der Waals surface area contributed by atoms with Gasteiger partial charge in [-0.05, 0) is 44.5 Å². The highest BCUT2D eigenvalue weighted by Gasteiger charge is 2.08. The van der Waals surface area contributed by atoms with Gasteiger partial charge in [-0.25, -0.2) is 0 Å². The van der Waals surface area contributed by atoms with Crippen LogP contribution in [-0.2, 0) is 19.6 Å². The summed E-state index contributed by atoms with van der Waals surface area (Å²) in [5, 5.41) is 10.9. The number of hydrogen-bond donors (Lipinski definition) is 2. The molecule has 0 fully saturated rings. The van der Waals surface area contributed by atoms with Gasteiger partial charge < -0.3 is 5.32 Å². The van der Waals surface area contributed by atoms with Gasteiger partial charge in [0.05, 0.1) is 11.9 Å². The van der Waals surface area contributed by atoms with Gasteiger partial charge in [-0.1, -0.05) is 54.1 Å². The van der Waals surface area contributed by atoms with Crippen molar-refractivity contribution in [3.8, 4) is 11.3 Å². The minimum absolute atomic E-state index is 0.549. The first-order valence-corrected chi connectivity index (χ1v) is 9.61. The third-order valence-corrected chi connectivity index (χ3v) is 5.01. The molecule has 0 unspecified atom stereocenters. The number of nitrogens with zero attached hydrogens (tertiary/aromatic N) is 2. The van der Waals surface area contributed by atoms with E-state index < -0.39 is 0 Å². The zero-order valence-corrected chi connectivity index (χ0v) is 16.8. The Balaban J connectivity index is 1.59. The molecule has 0 aliphatic rings. The van der Waals surface area contributed by atoms with Crippen LogP contribution in [0.1, 0.15) is 36.1 Å². The van der Waals surface area contributed by atoms with E-state index in [1.807, 2.05) is 6.20 Å². The van der Waals surface area contributed by atoms with Gasteiger partial charge in [-0.2, -0.15) is 5.10 Å². The molecule has 2 aromatic carbocycles. The average molecular weight is 363 g/mol. The molecule has 0 saturated heterocycles. The molecule has 3 rings (SSSR count). The van der Waals surface area contributed by atoms with E-state index in [1.54, 1.807) is 0 Å². The molecule has 1 heterocycles. The zero-order chi connectivity index (χ0) is 19.2. The molecule has 1 aromatic heterocycles. The molecule has 4 nitrogen and oxygen atoms in total. The minimum atomic E-state index is 0.549. The Kier molecular flexibility index (Phi) is 6.43. The summed E-state index contributed by atoms with van der Waals surface area (Å²) in [6.07, 6.45) is 1.91. The van der Waals surface area contributed by atoms with Crippen LogP contribution in [0, 0.1) is 6.92 Å². The van der Waals surface area contributed by atoms with Gasteiger partial charge in [0.2, 0.25) is 0 Å². The van der Waals surface area contributed by atoms with E-state index in [0.29, 0.717) is 6.04 Å². The molecule has 4 heteroatoms. The van der Waals surface area contributed by atoms with E-state index >= 15 is 0 Å². The summed E-state index contributed by atoms with van der Waals surface area (Å²) in [4.78, 5) is 2.35. The van der Waals surface area contributed by atoms with Gasteiger partial charge in [0.25, 0.3) is 0 Å². The monoisotopic (exact) mass is 362 g/mol. The van der Waals surface area contributed by atoms with Gasteiger partial charge in [0.1, 0.15) is 0 Å². The van der Waals surface area contributed by atoms with Crippen molar-refractivity contribution < 1.29 is 0 Å². The fraction of sp³-hybridized carbons (Fsp3) is 0.348. The Morgan fingerprint density at radius 2 is 1.78 bits per heavy atom. The lowest BCUT2D eigenvalue weighted by molar-refractivity contribution is 0.266. The Morgan fingerprint density at radius 3 is 2.52 bits per heavy atom. The second-order valence-corrected chi connectivity index (χ2v) is 7.57. The molecule has 0 bridgehead atoms. The molecule has 0 aliphatic carbocycles. The van der Waals surface area contributed by atoms with Gasteiger partial charge in [0, 0.05) is 31.2 Å². The van der Waals surface area contributed by atoms with Crippen molar-refractivity contribution in [1.82, 2.24) is 20.4 Å². The Bertz CT molecular complexity index is 849. The lowest BCUT2D eigenvalue weighted by Gasteiger charge is -2.21. The molecule has 0 atom stereocenters. The van der Waals surface area contributed by atoms with Crippen molar-refractivity contribution in [2.75, 3.05) is 7.05 Å². The van der Waals surface area contributed by atoms with Crippen molar-refractivity contribution in [2.45, 2.75) is 46.4 Å². The molecule has 142 valence electrons. The highest BCUT2D eigenvalue weighted by Crippen LogP contribution is 2.21. The fourth-order valence-electron chi connectivity index (χ4n) is 3.07. The third-order valence-electron chi connectivity index (χ3n) is 5.01. The Morgan fingerprint density at radius 1 is 1.04 bits per heavy atom. The van der Waals surface area contributed by atoms with Crippen molar-refractivity contribution >= 4 is 0 Å². The molecule has 3 aromatic rings. The van der Waals surface area contributed by atoms with Crippen molar-refractivity contribution in [3.05, 3.63) is 77.0 Å². The fourth-order valence-corrected chi connectivity index (χ4v) is 3.07. The first-order chi connectivity index (χ1) is 13.0. The maximum Gasteiger partial charge on any atom is 0.0695 e. The molecule has 27 heavy (non-hydrogen) atoms. The Labute approximate surface area is 162 Å². The van der Waals surface area contributed by atoms with Crippen LogP contribution < -0.4 is 5.32 Å². The summed E-state index contributed by atoms with van der Waals surface area (Å²) < 4.78 is 0. The summed E-state index contributed by atoms with van der Waals surface area (Å²) in [6, 6.07) is 17.9. The van der Waals surface area contributed by atoms with E-state index in [4.69, 9.17) is 0 Å². The highest BCUT2D eigenvalue weighted by atomic mass is 15.1. The summed E-state index contributed by atoms with van der Waals surface area (Å²) >= 11 is 0. The van der Waals surface area contributed by atoms with E-state index in [2.05, 4.69) is 96.8 Å². The molecule has 2 N–H and O–H groups in total. The van der Waals surface area contributed by atoms with Crippen LogP contribution in [0.15, 0.2) is 54.7 Å². The summed E-state index contributed by atoms with van der Waals surface area (Å²) in [5.41, 5.74) is 7.39. The van der Waals surface area contributed by atoms with Gasteiger partial charge in [0.15, 0.2) is 0 Å². The normalized spacial score (nSPS) is 11.5. The van der Waals surface area contributed by atoms with Crippen LogP contribution in [0.4, 0.5) is 0 Å². The van der Waals surface area contributed by atoms with Gasteiger partial charge in [-0.3, -0.25) is 10.00 Å². The smallest absolute Gasteiger partial charge is 0.0695 e. The lowest BCUT2D eigenvalue weighted by atomic mass is 10.1. The van der Waals surface area contributed by atoms with E-state index in [-0.39, 0.29) is 0 Å². The van der Waals surface area contributed by atoms with Crippen LogP contribution in [0.3, 0.4) is 0 Å². The molecule has 0 radical (unpaired) electrons. The average Bonchev–Trinajstić information content (AvgIpc) is 3.11. The van der Waals surface area contributed by atoms with Gasteiger partial charge >= 0.3 is 0 Å². The largest absolute Gasteiger partial charge is 0.308 e. The number of aromatic nitrogens is 2. The lowest BCUT2D eigenvalue weighted by Crippen LogP contribution is -2.25. The van der Waals surface area contributed by atoms with Crippen LogP contribution >= 0.6 is 0 Å². The third kappa shape index (κ3) is 5.28. The molecular formula is C23H30N4. The minimum Gasteiger partial charge on any atom is -0.308 e. The zero-order valence-electron chi connectivity index (χ0n) is 16.8. The number of aromatic amines is 1. The first-order valence-electron chi connectivity index (χ1n) is 9.61. The predicted molar refractivity (Wildman–Crippen MR) is 112 cm³/mol. The summed E-state index contributed by atoms with van der Waals surface area (Å²) in [6.45, 7) is 9.16. The molecule has 0 amide bonds. The van der Waals surface area contributed by atoms with Crippen molar-refractivity contribution in [3.63, 3.8) is 0 Å². The molecular weight excluding hydrogens is 332 g/mol. The number of hydrogen-bond acceptors (Lipinski definition) is 3. The standard InChI is InChI=1S/C23H30N4/c1-17(2)27(4)16-20-7-5-6-19(12-20)13-24-14-22-15-25-26-23(22)21-10-8-18(3)9-11-21/h5-12,15,17,24H,13-14,16H2,1-4H3,(H,25,26). The van der Waals surface area contributed by atoms with Gasteiger partial charge in [-0.15, -0.1) is 0 Å². The van der Waals surface area contributed by atoms with E-state index in [0.717, 1.165) is 25.3 Å². The van der Waals surface area contributed by atoms with Crippen LogP contribution in [0.2, 0.25) is 0 Å². The Hall–Kier alpha value is -2.43. The summed E-state index contributed by atoms with van der Waals surface area (Å²) in [7, 11) is 2.17. The number of nitrogens with one attached hydrogen (secondary N) is 2. The number of H-pyrrole nitrogens is 1. The molecule has 0 saturated carbocycles. The van der Waals surface area contributed by atoms with Crippen LogP contribution in [0.25, 0.3) is 11.3 Å². The maximum atomic E-state index is 4.24. The number of aryl methyl sites for hydroxylation is 1. The predicted octanol–water partition coefficient (Wildman–Crippen LogP) is 4.52. The topological polar surface area (TPSA) is 44.0 Å². The molecule has 0 aliphatic heterocycles. The maximum absolute atomic E-state index is 4.24. The van der Waals surface area contributed by atoms with E-state index in [1.165, 1.54) is 27.8 Å². The van der Waals surface area contributed by atoms with Crippen molar-refractivity contribution in [1.29, 1.82) is 0 Å². The highest BCUT2D eigenvalue weighted by molar-refractivity contribution is 5.62. The summed E-state index contributed by atoms with van der Waals surface area (Å²) in [5.74, 6) is 0. The van der Waals surface area contributed by atoms with Crippen LogP contribution in [0.5, 0.6) is 0 Å². The first kappa shape index (κ1) is 19.3. The SMILES string of the molecule is Cc1ccc(-c2[nH]ncc2CNCc2cccc(CN(C)C(C)C)c2)cc1. The second kappa shape index (κ2) is 8.98.